The molecule has 1 heterocycles. The highest BCUT2D eigenvalue weighted by Crippen LogP contribution is 2.38. The van der Waals surface area contributed by atoms with Crippen LogP contribution in [0, 0.1) is 5.92 Å². The summed E-state index contributed by atoms with van der Waals surface area (Å²) in [7, 11) is 0. The van der Waals surface area contributed by atoms with Crippen molar-refractivity contribution in [3.05, 3.63) is 40.7 Å². The third-order valence-corrected chi connectivity index (χ3v) is 4.12. The number of anilines is 2. The maximum Gasteiger partial charge on any atom is 0.228 e. The zero-order valence-corrected chi connectivity index (χ0v) is 13.3. The number of nitrogens with two attached hydrogens (primary N) is 1. The summed E-state index contributed by atoms with van der Waals surface area (Å²) < 4.78 is 13.5. The normalized spacial score (nSPS) is 20.8. The number of nitrogens with one attached hydrogen (secondary N) is 1. The predicted molar refractivity (Wildman–Crippen MR) is 86.0 cm³/mol. The van der Waals surface area contributed by atoms with Crippen LogP contribution in [0.3, 0.4) is 0 Å². The molecule has 7 nitrogen and oxygen atoms in total. The molecular weight excluding hydrogens is 313 g/mol. The third kappa shape index (κ3) is 2.80. The van der Waals surface area contributed by atoms with Gasteiger partial charge in [0.25, 0.3) is 0 Å². The van der Waals surface area contributed by atoms with Gasteiger partial charge in [-0.05, 0) is 18.1 Å². The Hall–Kier alpha value is -2.61. The number of Topliss-reactive ketones (excluding diaryl/α,β-unsaturated/α-hetero) is 1. The number of hydrogen-bond donors (Lipinski definition) is 3. The molecule has 0 fully saturated rings. The molecule has 1 aliphatic carbocycles. The maximum absolute atomic E-state index is 13.5. The fourth-order valence-corrected chi connectivity index (χ4v) is 2.85. The molecule has 0 aliphatic heterocycles. The quantitative estimate of drug-likeness (QED) is 0.784. The van der Waals surface area contributed by atoms with Gasteiger partial charge in [-0.15, -0.1) is 0 Å². The van der Waals surface area contributed by atoms with E-state index in [2.05, 4.69) is 20.3 Å². The fraction of sp³-hybridized carbons (Fsp3) is 0.375. The Bertz CT molecular complexity index is 796. The molecule has 4 N–H and O–H groups in total. The second-order valence-electron chi connectivity index (χ2n) is 5.85. The number of benzene rings is 1. The van der Waals surface area contributed by atoms with Crippen molar-refractivity contribution in [3.8, 4) is 0 Å². The number of alkyl halides is 1. The number of aliphatic hydroxyl groups excluding tert-OH is 1. The molecule has 126 valence electrons. The summed E-state index contributed by atoms with van der Waals surface area (Å²) >= 11 is 0. The second-order valence-corrected chi connectivity index (χ2v) is 5.85. The molecule has 0 amide bonds. The highest BCUT2D eigenvalue weighted by atomic mass is 19.1. The van der Waals surface area contributed by atoms with Crippen LogP contribution in [-0.2, 0) is 6.61 Å². The van der Waals surface area contributed by atoms with E-state index in [4.69, 9.17) is 5.73 Å². The number of aromatic nitrogens is 3. The number of nitrogens with zero attached hydrogens (tertiary/aromatic N) is 3. The Kier molecular flexibility index (Phi) is 4.15. The molecule has 8 heteroatoms. The second kappa shape index (κ2) is 6.12. The molecule has 1 aromatic carbocycles. The topological polar surface area (TPSA) is 114 Å². The van der Waals surface area contributed by atoms with Gasteiger partial charge >= 0.3 is 0 Å². The van der Waals surface area contributed by atoms with Crippen LogP contribution in [0.4, 0.5) is 16.3 Å². The molecule has 0 saturated heterocycles. The number of nitrogen functional groups attached to an aromatic ring is 1. The van der Waals surface area contributed by atoms with Gasteiger partial charge in [-0.1, -0.05) is 25.1 Å². The predicted octanol–water partition coefficient (Wildman–Crippen LogP) is 1.96. The van der Waals surface area contributed by atoms with Gasteiger partial charge in [0, 0.05) is 11.5 Å². The lowest BCUT2D eigenvalue weighted by atomic mass is 10.0. The Morgan fingerprint density at radius 2 is 2.12 bits per heavy atom. The summed E-state index contributed by atoms with van der Waals surface area (Å²) in [5.74, 6) is -0.389. The first-order chi connectivity index (χ1) is 11.4. The van der Waals surface area contributed by atoms with Crippen molar-refractivity contribution in [2.75, 3.05) is 11.1 Å². The first-order valence-electron chi connectivity index (χ1n) is 7.60. The van der Waals surface area contributed by atoms with E-state index in [1.807, 2.05) is 0 Å². The average Bonchev–Trinajstić information content (AvgIpc) is 2.79. The van der Waals surface area contributed by atoms with Gasteiger partial charge in [0.2, 0.25) is 11.9 Å². The van der Waals surface area contributed by atoms with E-state index in [0.717, 1.165) is 5.56 Å². The van der Waals surface area contributed by atoms with Gasteiger partial charge in [-0.25, -0.2) is 4.39 Å². The zero-order chi connectivity index (χ0) is 17.4. The van der Waals surface area contributed by atoms with Crippen molar-refractivity contribution < 1.29 is 14.3 Å². The third-order valence-electron chi connectivity index (χ3n) is 4.12. The number of hydrogen-bond acceptors (Lipinski definition) is 7. The van der Waals surface area contributed by atoms with Crippen LogP contribution < -0.4 is 11.1 Å². The highest BCUT2D eigenvalue weighted by molar-refractivity contribution is 6.03. The summed E-state index contributed by atoms with van der Waals surface area (Å²) in [5, 5.41) is 12.4. The van der Waals surface area contributed by atoms with E-state index in [-0.39, 0.29) is 42.1 Å². The Morgan fingerprint density at radius 1 is 1.38 bits per heavy atom. The van der Waals surface area contributed by atoms with E-state index >= 15 is 0 Å². The number of rotatable bonds is 4. The fourth-order valence-electron chi connectivity index (χ4n) is 2.85. The Balaban J connectivity index is 1.98. The van der Waals surface area contributed by atoms with E-state index in [9.17, 15) is 14.3 Å². The average molecular weight is 331 g/mol. The first-order valence-corrected chi connectivity index (χ1v) is 7.60. The number of halogens is 1. The van der Waals surface area contributed by atoms with Crippen molar-refractivity contribution in [2.45, 2.75) is 32.7 Å². The monoisotopic (exact) mass is 331 g/mol. The molecule has 0 saturated carbocycles. The highest BCUT2D eigenvalue weighted by Gasteiger charge is 2.37. The van der Waals surface area contributed by atoms with E-state index < -0.39 is 6.17 Å². The Labute approximate surface area is 138 Å². The SMILES string of the molecule is C[C@@H](F)c1nc(N)nc(N[C@H]2c3cc(CO)ccc3C(=O)[C@@H]2C)n1. The van der Waals surface area contributed by atoms with Gasteiger partial charge < -0.3 is 16.2 Å². The lowest BCUT2D eigenvalue weighted by molar-refractivity contribution is 0.0938. The largest absolute Gasteiger partial charge is 0.392 e. The molecule has 1 aliphatic rings. The molecule has 0 unspecified atom stereocenters. The van der Waals surface area contributed by atoms with E-state index in [1.54, 1.807) is 25.1 Å². The van der Waals surface area contributed by atoms with E-state index in [0.29, 0.717) is 11.1 Å². The van der Waals surface area contributed by atoms with Gasteiger partial charge in [-0.2, -0.15) is 15.0 Å². The summed E-state index contributed by atoms with van der Waals surface area (Å²) in [4.78, 5) is 24.1. The van der Waals surface area contributed by atoms with Gasteiger partial charge in [0.15, 0.2) is 17.8 Å². The van der Waals surface area contributed by atoms with Crippen LogP contribution in [0.25, 0.3) is 0 Å². The zero-order valence-electron chi connectivity index (χ0n) is 13.3. The van der Waals surface area contributed by atoms with Crippen molar-refractivity contribution in [1.82, 2.24) is 15.0 Å². The van der Waals surface area contributed by atoms with Gasteiger partial charge in [0.1, 0.15) is 0 Å². The minimum atomic E-state index is -1.38. The first kappa shape index (κ1) is 16.3. The lowest BCUT2D eigenvalue weighted by Gasteiger charge is -2.18. The van der Waals surface area contributed by atoms with Crippen molar-refractivity contribution >= 4 is 17.7 Å². The number of carbonyl (C=O) groups is 1. The van der Waals surface area contributed by atoms with Gasteiger partial charge in [0.05, 0.1) is 12.6 Å². The maximum atomic E-state index is 13.5. The molecule has 0 spiro atoms. The minimum absolute atomic E-state index is 0.00639. The number of aliphatic hydroxyl groups is 1. The van der Waals surface area contributed by atoms with Crippen molar-refractivity contribution in [2.24, 2.45) is 5.92 Å². The summed E-state index contributed by atoms with van der Waals surface area (Å²) in [5.41, 5.74) is 7.66. The Morgan fingerprint density at radius 3 is 2.79 bits per heavy atom. The van der Waals surface area contributed by atoms with Crippen LogP contribution in [0.1, 0.15) is 53.4 Å². The molecule has 24 heavy (non-hydrogen) atoms. The minimum Gasteiger partial charge on any atom is -0.392 e. The van der Waals surface area contributed by atoms with Crippen LogP contribution >= 0.6 is 0 Å². The van der Waals surface area contributed by atoms with Crippen LogP contribution in [-0.4, -0.2) is 25.8 Å². The standard InChI is InChI=1S/C16H18FN5O2/c1-7-12(11-5-9(6-23)3-4-10(11)13(7)24)19-16-21-14(8(2)17)20-15(18)22-16/h3-5,7-8,12,23H,6H2,1-2H3,(H3,18,19,20,21,22)/t7-,8-,12-/m1/s1. The van der Waals surface area contributed by atoms with Crippen LogP contribution in [0.15, 0.2) is 18.2 Å². The van der Waals surface area contributed by atoms with E-state index in [1.165, 1.54) is 6.92 Å². The molecule has 0 radical (unpaired) electrons. The number of fused-ring (bicyclic) bond motifs is 1. The molecule has 3 rings (SSSR count). The number of carbonyl (C=O) groups excluding carboxylic acids is 1. The van der Waals surface area contributed by atoms with Crippen LogP contribution in [0.5, 0.6) is 0 Å². The molecule has 3 atom stereocenters. The lowest BCUT2D eigenvalue weighted by Crippen LogP contribution is -2.20. The molecular formula is C16H18FN5O2. The molecule has 1 aromatic heterocycles. The van der Waals surface area contributed by atoms with Crippen molar-refractivity contribution in [3.63, 3.8) is 0 Å². The molecule has 2 aromatic rings. The van der Waals surface area contributed by atoms with Crippen LogP contribution in [0.2, 0.25) is 0 Å². The van der Waals surface area contributed by atoms with Gasteiger partial charge in [-0.3, -0.25) is 4.79 Å². The molecule has 0 bridgehead atoms. The summed E-state index contributed by atoms with van der Waals surface area (Å²) in [6.07, 6.45) is -1.38. The van der Waals surface area contributed by atoms with Crippen molar-refractivity contribution in [1.29, 1.82) is 0 Å². The summed E-state index contributed by atoms with van der Waals surface area (Å²) in [6, 6.07) is 4.81. The number of ketones is 1. The smallest absolute Gasteiger partial charge is 0.228 e. The summed E-state index contributed by atoms with van der Waals surface area (Å²) in [6.45, 7) is 2.98.